The zero-order valence-electron chi connectivity index (χ0n) is 28.9. The zero-order chi connectivity index (χ0) is 36.3. The number of amides is 3. The Morgan fingerprint density at radius 3 is 2.33 bits per heavy atom. The first-order valence-electron chi connectivity index (χ1n) is 16.8. The SMILES string of the molecule is CCN1CCN(Cc2ccc(NC(=O)c3cc(OC)cc(N4Cc5cnc(Nc6ccc(C)nc6)nc5N(CC)C4=O)c3)cc2C(F)(F)F)CC1. The van der Waals surface area contributed by atoms with E-state index < -0.39 is 17.6 Å². The molecule has 2 aromatic heterocycles. The largest absolute Gasteiger partial charge is 0.497 e. The van der Waals surface area contributed by atoms with Gasteiger partial charge in [0.05, 0.1) is 36.8 Å². The van der Waals surface area contributed by atoms with Gasteiger partial charge in [0.25, 0.3) is 5.91 Å². The topological polar surface area (TPSA) is 119 Å². The molecule has 12 nitrogen and oxygen atoms in total. The maximum Gasteiger partial charge on any atom is 0.416 e. The molecule has 1 fully saturated rings. The van der Waals surface area contributed by atoms with Crippen molar-refractivity contribution < 1.29 is 27.5 Å². The lowest BCUT2D eigenvalue weighted by Crippen LogP contribution is -2.48. The molecule has 2 aliphatic rings. The Balaban J connectivity index is 1.22. The molecule has 15 heteroatoms. The third-order valence-corrected chi connectivity index (χ3v) is 9.05. The lowest BCUT2D eigenvalue weighted by molar-refractivity contribution is -0.138. The Morgan fingerprint density at radius 1 is 0.922 bits per heavy atom. The Morgan fingerprint density at radius 2 is 1.67 bits per heavy atom. The summed E-state index contributed by atoms with van der Waals surface area (Å²) in [6, 6.07) is 11.8. The van der Waals surface area contributed by atoms with Crippen molar-refractivity contribution >= 4 is 40.8 Å². The van der Waals surface area contributed by atoms with Crippen LogP contribution < -0.4 is 25.2 Å². The summed E-state index contributed by atoms with van der Waals surface area (Å²) in [7, 11) is 1.43. The van der Waals surface area contributed by atoms with E-state index in [1.165, 1.54) is 41.2 Å². The van der Waals surface area contributed by atoms with Gasteiger partial charge in [-0.15, -0.1) is 0 Å². The number of urea groups is 1. The molecule has 0 radical (unpaired) electrons. The van der Waals surface area contributed by atoms with Gasteiger partial charge in [0.2, 0.25) is 5.95 Å². The molecule has 6 rings (SSSR count). The summed E-state index contributed by atoms with van der Waals surface area (Å²) >= 11 is 0. The summed E-state index contributed by atoms with van der Waals surface area (Å²) in [5.74, 6) is 0.380. The average Bonchev–Trinajstić information content (AvgIpc) is 3.12. The Bertz CT molecular complexity index is 1900. The van der Waals surface area contributed by atoms with Gasteiger partial charge in [-0.2, -0.15) is 18.2 Å². The van der Waals surface area contributed by atoms with Crippen molar-refractivity contribution in [2.24, 2.45) is 0 Å². The number of carbonyl (C=O) groups excluding carboxylic acids is 2. The number of hydrogen-bond acceptors (Lipinski definition) is 9. The minimum absolute atomic E-state index is 0.000590. The number of piperazine rings is 1. The van der Waals surface area contributed by atoms with E-state index in [1.54, 1.807) is 18.5 Å². The van der Waals surface area contributed by atoms with E-state index in [2.05, 4.69) is 37.4 Å². The molecule has 268 valence electrons. The third-order valence-electron chi connectivity index (χ3n) is 9.05. The van der Waals surface area contributed by atoms with Crippen LogP contribution in [0.5, 0.6) is 5.75 Å². The van der Waals surface area contributed by atoms with Crippen molar-refractivity contribution in [3.63, 3.8) is 0 Å². The number of alkyl halides is 3. The van der Waals surface area contributed by atoms with Gasteiger partial charge in [-0.05, 0) is 62.4 Å². The second-order valence-electron chi connectivity index (χ2n) is 12.4. The first-order chi connectivity index (χ1) is 24.4. The number of pyridine rings is 1. The van der Waals surface area contributed by atoms with Crippen molar-refractivity contribution in [1.29, 1.82) is 0 Å². The molecule has 51 heavy (non-hydrogen) atoms. The van der Waals surface area contributed by atoms with Crippen LogP contribution >= 0.6 is 0 Å². The van der Waals surface area contributed by atoms with Crippen LogP contribution in [0.15, 0.2) is 60.9 Å². The molecule has 1 saturated heterocycles. The van der Waals surface area contributed by atoms with Crippen LogP contribution in [0, 0.1) is 6.92 Å². The van der Waals surface area contributed by atoms with Gasteiger partial charge < -0.3 is 20.3 Å². The van der Waals surface area contributed by atoms with E-state index in [0.29, 0.717) is 48.3 Å². The number of aryl methyl sites for hydroxylation is 1. The number of halogens is 3. The molecule has 0 unspecified atom stereocenters. The smallest absolute Gasteiger partial charge is 0.416 e. The summed E-state index contributed by atoms with van der Waals surface area (Å²) in [5.41, 5.74) is 2.04. The van der Waals surface area contributed by atoms with Crippen molar-refractivity contribution in [3.8, 4) is 5.75 Å². The van der Waals surface area contributed by atoms with Gasteiger partial charge in [0, 0.05) is 74.0 Å². The second-order valence-corrected chi connectivity index (χ2v) is 12.4. The fraction of sp³-hybridized carbons (Fsp3) is 0.361. The number of nitrogens with zero attached hydrogens (tertiary/aromatic N) is 7. The Hall–Kier alpha value is -5.28. The van der Waals surface area contributed by atoms with Gasteiger partial charge in [-0.3, -0.25) is 24.5 Å². The van der Waals surface area contributed by atoms with Crippen LogP contribution in [-0.4, -0.2) is 83.1 Å². The van der Waals surface area contributed by atoms with E-state index in [1.807, 2.05) is 30.9 Å². The maximum atomic E-state index is 14.2. The number of likely N-dealkylation sites (N-methyl/N-ethyl adjacent to an activating group) is 1. The number of ether oxygens (including phenoxy) is 1. The van der Waals surface area contributed by atoms with Crippen LogP contribution in [0.1, 0.15) is 46.6 Å². The highest BCUT2D eigenvalue weighted by Gasteiger charge is 2.35. The Labute approximate surface area is 294 Å². The molecule has 4 heterocycles. The lowest BCUT2D eigenvalue weighted by atomic mass is 10.0. The average molecular weight is 704 g/mol. The summed E-state index contributed by atoms with van der Waals surface area (Å²) in [5, 5.41) is 5.72. The number of aromatic nitrogens is 3. The van der Waals surface area contributed by atoms with E-state index >= 15 is 0 Å². The molecule has 2 N–H and O–H groups in total. The van der Waals surface area contributed by atoms with Crippen LogP contribution in [0.4, 0.5) is 46.8 Å². The Kier molecular flexibility index (Phi) is 10.4. The summed E-state index contributed by atoms with van der Waals surface area (Å²) in [6.07, 6.45) is -1.31. The number of methoxy groups -OCH3 is 1. The summed E-state index contributed by atoms with van der Waals surface area (Å²) in [4.78, 5) is 48.0. The number of benzene rings is 2. The minimum atomic E-state index is -4.61. The fourth-order valence-electron chi connectivity index (χ4n) is 6.19. The number of fused-ring (bicyclic) bond motifs is 1. The van der Waals surface area contributed by atoms with Crippen LogP contribution in [0.2, 0.25) is 0 Å². The molecule has 0 saturated carbocycles. The first-order valence-corrected chi connectivity index (χ1v) is 16.8. The van der Waals surface area contributed by atoms with Crippen molar-refractivity contribution in [2.75, 3.05) is 66.8 Å². The monoisotopic (exact) mass is 703 g/mol. The van der Waals surface area contributed by atoms with Crippen LogP contribution in [0.25, 0.3) is 0 Å². The van der Waals surface area contributed by atoms with Crippen LogP contribution in [0.3, 0.4) is 0 Å². The maximum absolute atomic E-state index is 14.2. The van der Waals surface area contributed by atoms with Crippen molar-refractivity contribution in [2.45, 2.75) is 40.0 Å². The molecular weight excluding hydrogens is 663 g/mol. The molecule has 4 aromatic rings. The van der Waals surface area contributed by atoms with E-state index in [0.717, 1.165) is 31.4 Å². The number of carbonyl (C=O) groups is 2. The van der Waals surface area contributed by atoms with Gasteiger partial charge in [0.15, 0.2) is 0 Å². The lowest BCUT2D eigenvalue weighted by Gasteiger charge is -2.35. The number of hydrogen-bond donors (Lipinski definition) is 2. The van der Waals surface area contributed by atoms with Crippen molar-refractivity contribution in [1.82, 2.24) is 24.8 Å². The van der Waals surface area contributed by atoms with E-state index in [-0.39, 0.29) is 41.7 Å². The fourth-order valence-corrected chi connectivity index (χ4v) is 6.19. The van der Waals surface area contributed by atoms with Gasteiger partial charge >= 0.3 is 12.2 Å². The predicted molar refractivity (Wildman–Crippen MR) is 189 cm³/mol. The van der Waals surface area contributed by atoms with Gasteiger partial charge in [-0.1, -0.05) is 13.0 Å². The summed E-state index contributed by atoms with van der Waals surface area (Å²) < 4.78 is 48.2. The molecule has 0 aliphatic carbocycles. The quantitative estimate of drug-likeness (QED) is 0.196. The number of anilines is 5. The second kappa shape index (κ2) is 14.9. The molecule has 0 spiro atoms. The van der Waals surface area contributed by atoms with Crippen LogP contribution in [-0.2, 0) is 19.3 Å². The highest BCUT2D eigenvalue weighted by atomic mass is 19.4. The standard InChI is InChI=1S/C36H40F3N9O3/c1-5-45-11-13-46(14-12-45)21-24-8-10-27(17-31(24)36(37,38)39)42-33(49)25-15-29(18-30(16-25)51-4)48-22-26-19-41-34(43-28-9-7-23(3)40-20-28)44-32(26)47(6-2)35(48)50/h7-10,15-20H,5-6,11-14,21-22H2,1-4H3,(H,42,49)(H,41,43,44). The molecule has 2 aromatic carbocycles. The highest BCUT2D eigenvalue weighted by molar-refractivity contribution is 6.08. The van der Waals surface area contributed by atoms with Gasteiger partial charge in [0.1, 0.15) is 11.6 Å². The number of rotatable bonds is 10. The zero-order valence-corrected chi connectivity index (χ0v) is 28.9. The minimum Gasteiger partial charge on any atom is -0.497 e. The highest BCUT2D eigenvalue weighted by Crippen LogP contribution is 2.36. The molecular formula is C36H40F3N9O3. The molecule has 2 aliphatic heterocycles. The van der Waals surface area contributed by atoms with Crippen molar-refractivity contribution in [3.05, 3.63) is 88.9 Å². The molecule has 3 amide bonds. The third kappa shape index (κ3) is 8.05. The van der Waals surface area contributed by atoms with E-state index in [4.69, 9.17) is 4.74 Å². The molecule has 0 atom stereocenters. The summed E-state index contributed by atoms with van der Waals surface area (Å²) in [6.45, 7) is 10.2. The van der Waals surface area contributed by atoms with Gasteiger partial charge in [-0.25, -0.2) is 9.78 Å². The normalized spacial score (nSPS) is 15.5. The number of nitrogens with one attached hydrogen (secondary N) is 2. The van der Waals surface area contributed by atoms with E-state index in [9.17, 15) is 22.8 Å². The molecule has 0 bridgehead atoms. The predicted octanol–water partition coefficient (Wildman–Crippen LogP) is 6.31. The first kappa shape index (κ1) is 35.5.